The predicted molar refractivity (Wildman–Crippen MR) is 121 cm³/mol. The number of hydrogen-bond acceptors (Lipinski definition) is 4. The highest BCUT2D eigenvalue weighted by Crippen LogP contribution is 2.33. The van der Waals surface area contributed by atoms with Crippen LogP contribution >= 0.6 is 0 Å². The molecule has 2 aromatic carbocycles. The summed E-state index contributed by atoms with van der Waals surface area (Å²) in [5, 5.41) is 0.892. The summed E-state index contributed by atoms with van der Waals surface area (Å²) in [6, 6.07) is 21.8. The molecule has 166 valence electrons. The molecule has 5 nitrogen and oxygen atoms in total. The van der Waals surface area contributed by atoms with Crippen molar-refractivity contribution in [2.75, 3.05) is 13.1 Å². The number of hydrogen-bond donors (Lipinski definition) is 0. The van der Waals surface area contributed by atoms with Crippen molar-refractivity contribution in [3.05, 3.63) is 90.8 Å². The molecule has 1 aliphatic heterocycles. The van der Waals surface area contributed by atoms with Crippen molar-refractivity contribution >= 4 is 16.8 Å². The van der Waals surface area contributed by atoms with Gasteiger partial charge in [0.25, 0.3) is 11.8 Å². The summed E-state index contributed by atoms with van der Waals surface area (Å²) in [6.45, 7) is -0.301. The van der Waals surface area contributed by atoms with Gasteiger partial charge in [-0.2, -0.15) is 0 Å². The Balaban J connectivity index is 1.40. The molecule has 1 atom stereocenters. The zero-order chi connectivity index (χ0) is 22.8. The molecule has 0 N–H and O–H groups in total. The smallest absolute Gasteiger partial charge is 0.287 e. The fourth-order valence-corrected chi connectivity index (χ4v) is 4.04. The van der Waals surface area contributed by atoms with Crippen LogP contribution in [-0.4, -0.2) is 45.9 Å². The number of fused-ring (bicyclic) bond motifs is 1. The predicted octanol–water partition coefficient (Wildman–Crippen LogP) is 5.23. The Bertz CT molecular complexity index is 1300. The Morgan fingerprint density at radius 2 is 1.79 bits per heavy atom. The van der Waals surface area contributed by atoms with E-state index >= 15 is 0 Å². The minimum atomic E-state index is -3.08. The molecule has 0 aliphatic carbocycles. The SMILES string of the molecule is O=C(c1ccncc1-c1ccccc1)N1CCC(F)(F)C(Oc2ccc3ccccc3n2)C1. The van der Waals surface area contributed by atoms with Crippen molar-refractivity contribution in [3.8, 4) is 17.0 Å². The Morgan fingerprint density at radius 3 is 2.64 bits per heavy atom. The van der Waals surface area contributed by atoms with Gasteiger partial charge in [-0.1, -0.05) is 48.5 Å². The molecule has 2 aromatic heterocycles. The van der Waals surface area contributed by atoms with E-state index in [1.165, 1.54) is 11.1 Å². The Kier molecular flexibility index (Phi) is 5.46. The molecule has 0 radical (unpaired) electrons. The van der Waals surface area contributed by atoms with Gasteiger partial charge in [-0.3, -0.25) is 9.78 Å². The van der Waals surface area contributed by atoms with Crippen LogP contribution in [0.4, 0.5) is 8.78 Å². The van der Waals surface area contributed by atoms with Crippen LogP contribution in [-0.2, 0) is 0 Å². The number of aromatic nitrogens is 2. The summed E-state index contributed by atoms with van der Waals surface area (Å²) in [4.78, 5) is 23.3. The lowest BCUT2D eigenvalue weighted by atomic mass is 9.98. The number of rotatable bonds is 4. The van der Waals surface area contributed by atoms with E-state index in [1.54, 1.807) is 30.5 Å². The quantitative estimate of drug-likeness (QED) is 0.432. The van der Waals surface area contributed by atoms with Gasteiger partial charge >= 0.3 is 0 Å². The number of alkyl halides is 2. The molecule has 4 aromatic rings. The molecule has 33 heavy (non-hydrogen) atoms. The van der Waals surface area contributed by atoms with Gasteiger partial charge in [-0.25, -0.2) is 13.8 Å². The van der Waals surface area contributed by atoms with Gasteiger partial charge in [0, 0.05) is 42.4 Å². The maximum Gasteiger partial charge on any atom is 0.287 e. The molecule has 1 amide bonds. The van der Waals surface area contributed by atoms with Gasteiger partial charge in [-0.05, 0) is 23.8 Å². The number of ether oxygens (including phenoxy) is 1. The largest absolute Gasteiger partial charge is 0.466 e. The molecule has 5 rings (SSSR count). The van der Waals surface area contributed by atoms with Crippen LogP contribution in [0.2, 0.25) is 0 Å². The first-order valence-electron chi connectivity index (χ1n) is 10.7. The number of carbonyl (C=O) groups excluding carboxylic acids is 1. The summed E-state index contributed by atoms with van der Waals surface area (Å²) in [5.74, 6) is -3.29. The normalized spacial score (nSPS) is 17.6. The van der Waals surface area contributed by atoms with Crippen molar-refractivity contribution in [2.45, 2.75) is 18.4 Å². The van der Waals surface area contributed by atoms with E-state index < -0.39 is 18.4 Å². The van der Waals surface area contributed by atoms with Crippen LogP contribution in [0.25, 0.3) is 22.0 Å². The third-order valence-electron chi connectivity index (χ3n) is 5.83. The van der Waals surface area contributed by atoms with Gasteiger partial charge in [0.15, 0.2) is 6.10 Å². The van der Waals surface area contributed by atoms with E-state index in [2.05, 4.69) is 9.97 Å². The monoisotopic (exact) mass is 445 g/mol. The van der Waals surface area contributed by atoms with Crippen LogP contribution in [0.15, 0.2) is 85.2 Å². The van der Waals surface area contributed by atoms with E-state index in [1.807, 2.05) is 48.5 Å². The van der Waals surface area contributed by atoms with E-state index in [0.29, 0.717) is 16.6 Å². The third kappa shape index (κ3) is 4.26. The molecular formula is C26H21F2N3O2. The van der Waals surface area contributed by atoms with Gasteiger partial charge < -0.3 is 9.64 Å². The lowest BCUT2D eigenvalue weighted by Gasteiger charge is -2.38. The van der Waals surface area contributed by atoms with Gasteiger partial charge in [-0.15, -0.1) is 0 Å². The van der Waals surface area contributed by atoms with Crippen molar-refractivity contribution < 1.29 is 18.3 Å². The van der Waals surface area contributed by atoms with Gasteiger partial charge in [0.05, 0.1) is 17.6 Å². The summed E-state index contributed by atoms with van der Waals surface area (Å²) >= 11 is 0. The summed E-state index contributed by atoms with van der Waals surface area (Å²) in [7, 11) is 0. The average Bonchev–Trinajstić information content (AvgIpc) is 2.85. The molecule has 1 aliphatic rings. The second-order valence-corrected chi connectivity index (χ2v) is 8.00. The van der Waals surface area contributed by atoms with E-state index in [0.717, 1.165) is 10.9 Å². The second-order valence-electron chi connectivity index (χ2n) is 8.00. The first kappa shape index (κ1) is 21.0. The maximum absolute atomic E-state index is 14.8. The Morgan fingerprint density at radius 1 is 1.00 bits per heavy atom. The van der Waals surface area contributed by atoms with Gasteiger partial charge in [0.2, 0.25) is 5.88 Å². The zero-order valence-corrected chi connectivity index (χ0v) is 17.7. The Labute approximate surface area is 189 Å². The molecule has 3 heterocycles. The third-order valence-corrected chi connectivity index (χ3v) is 5.83. The first-order valence-corrected chi connectivity index (χ1v) is 10.7. The summed E-state index contributed by atoms with van der Waals surface area (Å²) in [6.07, 6.45) is 1.17. The number of pyridine rings is 2. The maximum atomic E-state index is 14.8. The van der Waals surface area contributed by atoms with E-state index in [4.69, 9.17) is 4.74 Å². The van der Waals surface area contributed by atoms with Crippen molar-refractivity contribution in [1.29, 1.82) is 0 Å². The lowest BCUT2D eigenvalue weighted by Crippen LogP contribution is -2.55. The minimum Gasteiger partial charge on any atom is -0.466 e. The van der Waals surface area contributed by atoms with Crippen molar-refractivity contribution in [2.24, 2.45) is 0 Å². The molecule has 1 fully saturated rings. The summed E-state index contributed by atoms with van der Waals surface area (Å²) < 4.78 is 35.1. The number of amides is 1. The second kappa shape index (κ2) is 8.58. The molecule has 0 saturated carbocycles. The highest BCUT2D eigenvalue weighted by molar-refractivity contribution is 6.00. The number of halogens is 2. The minimum absolute atomic E-state index is 0.0621. The van der Waals surface area contributed by atoms with Crippen molar-refractivity contribution in [1.82, 2.24) is 14.9 Å². The molecule has 1 unspecified atom stereocenters. The highest BCUT2D eigenvalue weighted by atomic mass is 19.3. The van der Waals surface area contributed by atoms with Gasteiger partial charge in [0.1, 0.15) is 0 Å². The Hall–Kier alpha value is -3.87. The van der Waals surface area contributed by atoms with Crippen LogP contribution in [0, 0.1) is 0 Å². The first-order chi connectivity index (χ1) is 16.0. The lowest BCUT2D eigenvalue weighted by molar-refractivity contribution is -0.131. The fourth-order valence-electron chi connectivity index (χ4n) is 4.04. The van der Waals surface area contributed by atoms with Crippen LogP contribution < -0.4 is 4.74 Å². The molecule has 0 bridgehead atoms. The number of likely N-dealkylation sites (tertiary alicyclic amines) is 1. The van der Waals surface area contributed by atoms with E-state index in [-0.39, 0.29) is 24.9 Å². The fraction of sp³-hybridized carbons (Fsp3) is 0.192. The number of benzene rings is 2. The van der Waals surface area contributed by atoms with Crippen LogP contribution in [0.3, 0.4) is 0 Å². The van der Waals surface area contributed by atoms with Crippen molar-refractivity contribution in [3.63, 3.8) is 0 Å². The molecule has 1 saturated heterocycles. The number of nitrogens with zero attached hydrogens (tertiary/aromatic N) is 3. The molecular weight excluding hydrogens is 424 g/mol. The number of para-hydroxylation sites is 1. The number of carbonyl (C=O) groups is 1. The van der Waals surface area contributed by atoms with Crippen LogP contribution in [0.1, 0.15) is 16.8 Å². The zero-order valence-electron chi connectivity index (χ0n) is 17.7. The van der Waals surface area contributed by atoms with Crippen LogP contribution in [0.5, 0.6) is 5.88 Å². The molecule has 0 spiro atoms. The summed E-state index contributed by atoms with van der Waals surface area (Å²) in [5.41, 5.74) is 2.58. The standard InChI is InChI=1S/C26H21F2N3O2/c27-26(28)13-15-31(17-23(26)33-24-11-10-19-8-4-5-9-22(19)30-24)25(32)20-12-14-29-16-21(20)18-6-2-1-3-7-18/h1-12,14,16,23H,13,15,17H2. The average molecular weight is 445 g/mol. The molecule has 7 heteroatoms. The number of piperidine rings is 1. The topological polar surface area (TPSA) is 55.3 Å². The highest BCUT2D eigenvalue weighted by Gasteiger charge is 2.47. The van der Waals surface area contributed by atoms with E-state index in [9.17, 15) is 13.6 Å².